The lowest BCUT2D eigenvalue weighted by molar-refractivity contribution is -0.0545. The smallest absolute Gasteiger partial charge is 0.207 e. The van der Waals surface area contributed by atoms with Crippen LogP contribution in [0.2, 0.25) is 0 Å². The van der Waals surface area contributed by atoms with Crippen LogP contribution >= 0.6 is 0 Å². The maximum Gasteiger partial charge on any atom is 0.250 e. The topological polar surface area (TPSA) is 0 Å². The minimum absolute atomic E-state index is 0.0405. The molecule has 0 fully saturated rings. The molecule has 0 aromatic rings. The van der Waals surface area contributed by atoms with E-state index < -0.39 is 11.8 Å². The van der Waals surface area contributed by atoms with Gasteiger partial charge in [-0.05, 0) is 24.2 Å². The number of alkyl halides is 2. The van der Waals surface area contributed by atoms with Gasteiger partial charge in [-0.15, -0.1) is 0 Å². The molecule has 0 saturated heterocycles. The average molecular weight is 234 g/mol. The molecule has 0 aromatic carbocycles. The van der Waals surface area contributed by atoms with Crippen LogP contribution in [0.5, 0.6) is 0 Å². The van der Waals surface area contributed by atoms with Gasteiger partial charge in [0.1, 0.15) is 0 Å². The molecule has 98 valence electrons. The second kappa shape index (κ2) is 5.97. The molecule has 2 heteroatoms. The summed E-state index contributed by atoms with van der Waals surface area (Å²) < 4.78 is 26.6. The van der Waals surface area contributed by atoms with Crippen molar-refractivity contribution >= 4 is 0 Å². The Labute approximate surface area is 99.8 Å². The zero-order chi connectivity index (χ0) is 13.0. The summed E-state index contributed by atoms with van der Waals surface area (Å²) in [6, 6.07) is 0. The number of hydrogen-bond donors (Lipinski definition) is 0. The molecule has 0 aliphatic carbocycles. The molecule has 0 aromatic heterocycles. The summed E-state index contributed by atoms with van der Waals surface area (Å²) >= 11 is 0. The third kappa shape index (κ3) is 5.27. The standard InChI is InChI=1S/C14H28F2/c1-11(2)13(5,6)9-7-8-10-14(15,16)12(3)4/h11-12H,7-10H2,1-6H3. The van der Waals surface area contributed by atoms with E-state index >= 15 is 0 Å². The Kier molecular flexibility index (Phi) is 5.92. The molecule has 0 spiro atoms. The van der Waals surface area contributed by atoms with Crippen molar-refractivity contribution in [3.63, 3.8) is 0 Å². The summed E-state index contributed by atoms with van der Waals surface area (Å²) in [7, 11) is 0. The molecule has 0 atom stereocenters. The third-order valence-corrected chi connectivity index (χ3v) is 3.99. The predicted molar refractivity (Wildman–Crippen MR) is 66.9 cm³/mol. The summed E-state index contributed by atoms with van der Waals surface area (Å²) in [5, 5.41) is 0. The fourth-order valence-corrected chi connectivity index (χ4v) is 1.52. The Morgan fingerprint density at radius 2 is 1.25 bits per heavy atom. The van der Waals surface area contributed by atoms with Gasteiger partial charge in [0.05, 0.1) is 0 Å². The molecule has 0 nitrogen and oxygen atoms in total. The summed E-state index contributed by atoms with van der Waals surface area (Å²) in [5.41, 5.74) is 0.271. The van der Waals surface area contributed by atoms with Crippen molar-refractivity contribution in [1.82, 2.24) is 0 Å². The van der Waals surface area contributed by atoms with E-state index in [1.165, 1.54) is 0 Å². The summed E-state index contributed by atoms with van der Waals surface area (Å²) in [5.74, 6) is -2.41. The first-order valence-electron chi connectivity index (χ1n) is 6.47. The second-order valence-electron chi connectivity index (χ2n) is 6.27. The Bertz CT molecular complexity index is 171. The van der Waals surface area contributed by atoms with Gasteiger partial charge >= 0.3 is 0 Å². The van der Waals surface area contributed by atoms with Crippen molar-refractivity contribution in [2.45, 2.75) is 73.1 Å². The third-order valence-electron chi connectivity index (χ3n) is 3.99. The van der Waals surface area contributed by atoms with Crippen molar-refractivity contribution in [2.75, 3.05) is 0 Å². The van der Waals surface area contributed by atoms with Gasteiger partial charge in [0.2, 0.25) is 5.92 Å². The van der Waals surface area contributed by atoms with Crippen molar-refractivity contribution < 1.29 is 8.78 Å². The molecule has 0 N–H and O–H groups in total. The van der Waals surface area contributed by atoms with Crippen molar-refractivity contribution in [3.8, 4) is 0 Å². The number of unbranched alkanes of at least 4 members (excludes halogenated alkanes) is 1. The van der Waals surface area contributed by atoms with Crippen LogP contribution in [0.4, 0.5) is 8.78 Å². The quantitative estimate of drug-likeness (QED) is 0.509. The van der Waals surface area contributed by atoms with Crippen LogP contribution in [0.15, 0.2) is 0 Å². The SMILES string of the molecule is CC(C)C(C)(C)CCCCC(F)(F)C(C)C. The minimum Gasteiger partial charge on any atom is -0.207 e. The molecule has 0 aliphatic rings. The van der Waals surface area contributed by atoms with Crippen LogP contribution in [-0.4, -0.2) is 5.92 Å². The minimum atomic E-state index is -2.48. The highest BCUT2D eigenvalue weighted by Gasteiger charge is 2.32. The molecule has 0 amide bonds. The lowest BCUT2D eigenvalue weighted by atomic mass is 9.77. The van der Waals surface area contributed by atoms with Crippen LogP contribution in [0.25, 0.3) is 0 Å². The fourth-order valence-electron chi connectivity index (χ4n) is 1.52. The van der Waals surface area contributed by atoms with E-state index in [0.29, 0.717) is 12.3 Å². The molecule has 16 heavy (non-hydrogen) atoms. The van der Waals surface area contributed by atoms with Gasteiger partial charge in [-0.2, -0.15) is 0 Å². The van der Waals surface area contributed by atoms with Gasteiger partial charge in [0.25, 0.3) is 0 Å². The van der Waals surface area contributed by atoms with E-state index in [9.17, 15) is 8.78 Å². The number of rotatable bonds is 7. The van der Waals surface area contributed by atoms with E-state index in [4.69, 9.17) is 0 Å². The van der Waals surface area contributed by atoms with Crippen LogP contribution in [0.1, 0.15) is 67.2 Å². The Morgan fingerprint density at radius 3 is 1.62 bits per heavy atom. The number of hydrogen-bond acceptors (Lipinski definition) is 0. The molecule has 0 bridgehead atoms. The molecule has 0 aliphatic heterocycles. The largest absolute Gasteiger partial charge is 0.250 e. The Morgan fingerprint density at radius 1 is 0.812 bits per heavy atom. The van der Waals surface area contributed by atoms with Crippen LogP contribution in [0.3, 0.4) is 0 Å². The first-order valence-corrected chi connectivity index (χ1v) is 6.47. The fraction of sp³-hybridized carbons (Fsp3) is 1.00. The highest BCUT2D eigenvalue weighted by atomic mass is 19.3. The van der Waals surface area contributed by atoms with E-state index in [0.717, 1.165) is 12.8 Å². The van der Waals surface area contributed by atoms with Gasteiger partial charge in [0.15, 0.2) is 0 Å². The predicted octanol–water partition coefficient (Wildman–Crippen LogP) is 5.52. The van der Waals surface area contributed by atoms with Crippen LogP contribution in [-0.2, 0) is 0 Å². The van der Waals surface area contributed by atoms with Gasteiger partial charge in [0, 0.05) is 12.3 Å². The van der Waals surface area contributed by atoms with Gasteiger partial charge in [-0.3, -0.25) is 0 Å². The summed E-state index contributed by atoms with van der Waals surface area (Å²) in [6.45, 7) is 12.0. The molecule has 0 unspecified atom stereocenters. The highest BCUT2D eigenvalue weighted by Crippen LogP contribution is 2.34. The van der Waals surface area contributed by atoms with Gasteiger partial charge < -0.3 is 0 Å². The van der Waals surface area contributed by atoms with E-state index in [1.54, 1.807) is 13.8 Å². The first-order chi connectivity index (χ1) is 7.09. The Balaban J connectivity index is 3.85. The van der Waals surface area contributed by atoms with E-state index in [1.807, 2.05) is 0 Å². The zero-order valence-corrected chi connectivity index (χ0v) is 11.7. The lowest BCUT2D eigenvalue weighted by Crippen LogP contribution is -2.24. The van der Waals surface area contributed by atoms with Crippen molar-refractivity contribution in [2.24, 2.45) is 17.3 Å². The lowest BCUT2D eigenvalue weighted by Gasteiger charge is -2.29. The van der Waals surface area contributed by atoms with Crippen LogP contribution in [0, 0.1) is 17.3 Å². The molecular weight excluding hydrogens is 206 g/mol. The van der Waals surface area contributed by atoms with E-state index in [-0.39, 0.29) is 11.8 Å². The maximum absolute atomic E-state index is 13.3. The van der Waals surface area contributed by atoms with Gasteiger partial charge in [-0.25, -0.2) is 8.78 Å². The number of halogens is 2. The molecule has 0 saturated carbocycles. The normalized spacial score (nSPS) is 13.9. The second-order valence-corrected chi connectivity index (χ2v) is 6.27. The maximum atomic E-state index is 13.3. The van der Waals surface area contributed by atoms with E-state index in [2.05, 4.69) is 27.7 Å². The summed E-state index contributed by atoms with van der Waals surface area (Å²) in [4.78, 5) is 0. The van der Waals surface area contributed by atoms with Crippen LogP contribution < -0.4 is 0 Å². The first kappa shape index (κ1) is 15.9. The van der Waals surface area contributed by atoms with Gasteiger partial charge in [-0.1, -0.05) is 48.0 Å². The molecule has 0 rings (SSSR count). The monoisotopic (exact) mass is 234 g/mol. The molecular formula is C14H28F2. The van der Waals surface area contributed by atoms with Crippen molar-refractivity contribution in [3.05, 3.63) is 0 Å². The molecule has 0 heterocycles. The Hall–Kier alpha value is -0.140. The summed E-state index contributed by atoms with van der Waals surface area (Å²) in [6.07, 6.45) is 2.63. The molecule has 0 radical (unpaired) electrons. The highest BCUT2D eigenvalue weighted by molar-refractivity contribution is 4.74. The van der Waals surface area contributed by atoms with Crippen molar-refractivity contribution in [1.29, 1.82) is 0 Å². The zero-order valence-electron chi connectivity index (χ0n) is 11.7. The average Bonchev–Trinajstić information content (AvgIpc) is 2.12.